The molecule has 0 aliphatic rings. The molecule has 0 unspecified atom stereocenters. The highest BCUT2D eigenvalue weighted by atomic mass is 32.1. The van der Waals surface area contributed by atoms with Crippen molar-refractivity contribution in [1.29, 1.82) is 0 Å². The summed E-state index contributed by atoms with van der Waals surface area (Å²) in [6, 6.07) is 18.6. The second-order valence-electron chi connectivity index (χ2n) is 7.47. The number of thiazole rings is 1. The van der Waals surface area contributed by atoms with E-state index < -0.39 is 4.92 Å². The van der Waals surface area contributed by atoms with Crippen molar-refractivity contribution in [3.8, 4) is 11.3 Å². The molecule has 4 rings (SSSR count). The van der Waals surface area contributed by atoms with Crippen molar-refractivity contribution in [3.63, 3.8) is 0 Å². The van der Waals surface area contributed by atoms with E-state index in [1.54, 1.807) is 35.0 Å². The summed E-state index contributed by atoms with van der Waals surface area (Å²) < 4.78 is 16.3. The van der Waals surface area contributed by atoms with Gasteiger partial charge < -0.3 is 0 Å². The first-order chi connectivity index (χ1) is 15.8. The smallest absolute Gasteiger partial charge is 0.270 e. The Morgan fingerprint density at radius 1 is 1.09 bits per heavy atom. The molecule has 0 saturated carbocycles. The van der Waals surface area contributed by atoms with E-state index in [-0.39, 0.29) is 11.5 Å². The van der Waals surface area contributed by atoms with Gasteiger partial charge in [-0.05, 0) is 37.1 Å². The third-order valence-electron chi connectivity index (χ3n) is 5.16. The molecule has 0 aliphatic carbocycles. The lowest BCUT2D eigenvalue weighted by Gasteiger charge is -2.15. The Kier molecular flexibility index (Phi) is 6.19. The number of hydrogen-bond acceptors (Lipinski definition) is 5. The van der Waals surface area contributed by atoms with E-state index in [0.717, 1.165) is 16.8 Å². The zero-order valence-corrected chi connectivity index (χ0v) is 18.9. The van der Waals surface area contributed by atoms with Gasteiger partial charge in [-0.2, -0.15) is 0 Å². The van der Waals surface area contributed by atoms with Crippen LogP contribution >= 0.6 is 11.3 Å². The van der Waals surface area contributed by atoms with Gasteiger partial charge in [-0.15, -0.1) is 11.3 Å². The molecule has 0 atom stereocenters. The minimum absolute atomic E-state index is 0.0412. The highest BCUT2D eigenvalue weighted by Crippen LogP contribution is 2.26. The van der Waals surface area contributed by atoms with Gasteiger partial charge in [0.25, 0.3) is 5.69 Å². The number of halogens is 1. The zero-order valence-electron chi connectivity index (χ0n) is 18.1. The second kappa shape index (κ2) is 9.22. The Bertz CT molecular complexity index is 1420. The van der Waals surface area contributed by atoms with Gasteiger partial charge in [0.1, 0.15) is 5.82 Å². The van der Waals surface area contributed by atoms with E-state index in [4.69, 9.17) is 4.99 Å². The van der Waals surface area contributed by atoms with Gasteiger partial charge in [0.2, 0.25) is 4.80 Å². The number of aromatic nitrogens is 1. The van der Waals surface area contributed by atoms with Gasteiger partial charge in [0, 0.05) is 28.6 Å². The number of nitrogens with zero attached hydrogens (tertiary/aromatic N) is 3. The highest BCUT2D eigenvalue weighted by molar-refractivity contribution is 7.07. The Labute approximate surface area is 194 Å². The number of rotatable bonds is 6. The lowest BCUT2D eigenvalue weighted by atomic mass is 10.1. The van der Waals surface area contributed by atoms with E-state index in [0.29, 0.717) is 27.3 Å². The summed E-state index contributed by atoms with van der Waals surface area (Å²) in [6.45, 7) is 8.02. The molecule has 1 heterocycles. The molecule has 0 radical (unpaired) electrons. The summed E-state index contributed by atoms with van der Waals surface area (Å²) in [4.78, 5) is 16.2. The van der Waals surface area contributed by atoms with Crippen LogP contribution in [-0.2, 0) is 0 Å². The van der Waals surface area contributed by atoms with Crippen molar-refractivity contribution in [2.24, 2.45) is 4.99 Å². The van der Waals surface area contributed by atoms with Crippen LogP contribution in [0, 0.1) is 29.8 Å². The van der Waals surface area contributed by atoms with Crippen molar-refractivity contribution < 1.29 is 9.31 Å². The maximum absolute atomic E-state index is 14.7. The van der Waals surface area contributed by atoms with Gasteiger partial charge in [0.05, 0.1) is 22.0 Å². The number of nitrogens with one attached hydrogen (secondary N) is 1. The molecule has 0 amide bonds. The molecule has 1 N–H and O–H groups in total. The van der Waals surface area contributed by atoms with E-state index >= 15 is 0 Å². The third kappa shape index (κ3) is 4.61. The molecule has 1 aromatic heterocycles. The largest absolute Gasteiger partial charge is 0.292 e. The Morgan fingerprint density at radius 2 is 1.79 bits per heavy atom. The summed E-state index contributed by atoms with van der Waals surface area (Å²) in [6.07, 6.45) is 0. The minimum atomic E-state index is -0.457. The predicted molar refractivity (Wildman–Crippen MR) is 130 cm³/mol. The van der Waals surface area contributed by atoms with Crippen LogP contribution < -0.4 is 10.2 Å². The topological polar surface area (TPSA) is 72.5 Å². The molecule has 0 fully saturated rings. The zero-order chi connectivity index (χ0) is 23.5. The molecule has 0 bridgehead atoms. The Hall–Kier alpha value is -4.04. The SMILES string of the molecule is C=C(Nn1c(-c2ccccc2F)csc1=Nc1c(C)cccc1C)c1cccc([N+](=O)[O-])c1. The normalized spacial score (nSPS) is 11.4. The highest BCUT2D eigenvalue weighted by Gasteiger charge is 2.15. The molecule has 0 saturated heterocycles. The first-order valence-corrected chi connectivity index (χ1v) is 11.0. The van der Waals surface area contributed by atoms with Crippen LogP contribution in [0.2, 0.25) is 0 Å². The molecule has 3 aromatic carbocycles. The summed E-state index contributed by atoms with van der Waals surface area (Å²) in [5.41, 5.74) is 7.91. The number of nitro groups is 1. The van der Waals surface area contributed by atoms with Crippen LogP contribution in [0.5, 0.6) is 0 Å². The first-order valence-electron chi connectivity index (χ1n) is 10.1. The fourth-order valence-electron chi connectivity index (χ4n) is 3.44. The number of hydrogen-bond donors (Lipinski definition) is 1. The van der Waals surface area contributed by atoms with Crippen molar-refractivity contribution in [3.05, 3.63) is 116 Å². The molecule has 166 valence electrons. The fraction of sp³-hybridized carbons (Fsp3) is 0.0800. The van der Waals surface area contributed by atoms with Crippen LogP contribution in [-0.4, -0.2) is 9.60 Å². The average molecular weight is 461 g/mol. The van der Waals surface area contributed by atoms with Crippen LogP contribution in [0.1, 0.15) is 16.7 Å². The van der Waals surface area contributed by atoms with Crippen molar-refractivity contribution in [2.45, 2.75) is 13.8 Å². The quantitative estimate of drug-likeness (QED) is 0.270. The number of non-ortho nitro benzene ring substituents is 1. The maximum Gasteiger partial charge on any atom is 0.270 e. The Morgan fingerprint density at radius 3 is 2.48 bits per heavy atom. The van der Waals surface area contributed by atoms with Gasteiger partial charge in [-0.3, -0.25) is 15.5 Å². The van der Waals surface area contributed by atoms with Crippen LogP contribution in [0.15, 0.2) is 83.7 Å². The molecular weight excluding hydrogens is 439 g/mol. The molecule has 4 aromatic rings. The van der Waals surface area contributed by atoms with Crippen molar-refractivity contribution in [1.82, 2.24) is 4.68 Å². The predicted octanol–water partition coefficient (Wildman–Crippen LogP) is 6.33. The standard InChI is InChI=1S/C25H21FN4O2S/c1-16-8-6-9-17(2)24(16)27-25-29(23(15-33-25)21-12-4-5-13-22(21)26)28-18(3)19-10-7-11-20(14-19)30(31)32/h4-15,28H,3H2,1-2H3. The molecule has 6 nitrogen and oxygen atoms in total. The van der Waals surface area contributed by atoms with Crippen LogP contribution in [0.25, 0.3) is 17.0 Å². The van der Waals surface area contributed by atoms with E-state index in [9.17, 15) is 14.5 Å². The van der Waals surface area contributed by atoms with Gasteiger partial charge in [-0.1, -0.05) is 49.0 Å². The minimum Gasteiger partial charge on any atom is -0.292 e. The Balaban J connectivity index is 1.86. The summed E-state index contributed by atoms with van der Waals surface area (Å²) in [7, 11) is 0. The van der Waals surface area contributed by atoms with Crippen molar-refractivity contribution >= 4 is 28.4 Å². The molecular formula is C25H21FN4O2S. The monoisotopic (exact) mass is 460 g/mol. The number of benzene rings is 3. The summed E-state index contributed by atoms with van der Waals surface area (Å²) >= 11 is 1.35. The summed E-state index contributed by atoms with van der Waals surface area (Å²) in [5, 5.41) is 13.0. The lowest BCUT2D eigenvalue weighted by Crippen LogP contribution is -2.25. The number of para-hydroxylation sites is 1. The van der Waals surface area contributed by atoms with Crippen LogP contribution in [0.3, 0.4) is 0 Å². The number of aryl methyl sites for hydroxylation is 2. The van der Waals surface area contributed by atoms with E-state index in [1.165, 1.54) is 29.5 Å². The second-order valence-corrected chi connectivity index (χ2v) is 8.31. The molecule has 0 spiro atoms. The van der Waals surface area contributed by atoms with Gasteiger partial charge in [0.15, 0.2) is 0 Å². The third-order valence-corrected chi connectivity index (χ3v) is 5.98. The molecule has 33 heavy (non-hydrogen) atoms. The first kappa shape index (κ1) is 22.2. The van der Waals surface area contributed by atoms with E-state index in [1.807, 2.05) is 37.4 Å². The lowest BCUT2D eigenvalue weighted by molar-refractivity contribution is -0.384. The molecule has 0 aliphatic heterocycles. The van der Waals surface area contributed by atoms with E-state index in [2.05, 4.69) is 12.0 Å². The fourth-order valence-corrected chi connectivity index (χ4v) is 4.28. The van der Waals surface area contributed by atoms with Gasteiger partial charge in [-0.25, -0.2) is 14.1 Å². The average Bonchev–Trinajstić information content (AvgIpc) is 3.18. The summed E-state index contributed by atoms with van der Waals surface area (Å²) in [5.74, 6) is -0.370. The van der Waals surface area contributed by atoms with Crippen molar-refractivity contribution in [2.75, 3.05) is 5.43 Å². The van der Waals surface area contributed by atoms with Gasteiger partial charge >= 0.3 is 0 Å². The van der Waals surface area contributed by atoms with Crippen LogP contribution in [0.4, 0.5) is 15.8 Å². The maximum atomic E-state index is 14.7. The molecule has 8 heteroatoms. The number of nitro benzene ring substituents is 1.